The summed E-state index contributed by atoms with van der Waals surface area (Å²) in [6.07, 6.45) is 9.47. The van der Waals surface area contributed by atoms with Crippen molar-refractivity contribution in [2.45, 2.75) is 45.2 Å². The minimum absolute atomic E-state index is 0.0933. The molecular formula is C13H22N4O. The topological polar surface area (TPSA) is 72.9 Å². The second-order valence-electron chi connectivity index (χ2n) is 5.33. The number of hydrogen-bond donors (Lipinski definition) is 2. The Morgan fingerprint density at radius 2 is 2.28 bits per heavy atom. The Kier molecular flexibility index (Phi) is 4.01. The number of aromatic nitrogens is 2. The minimum atomic E-state index is -0.316. The number of rotatable bonds is 5. The van der Waals surface area contributed by atoms with Crippen molar-refractivity contribution in [3.05, 3.63) is 18.7 Å². The quantitative estimate of drug-likeness (QED) is 0.815. The van der Waals surface area contributed by atoms with Gasteiger partial charge in [0.05, 0.1) is 11.7 Å². The van der Waals surface area contributed by atoms with Crippen LogP contribution in [0, 0.1) is 5.41 Å². The van der Waals surface area contributed by atoms with Crippen molar-refractivity contribution in [3.63, 3.8) is 0 Å². The maximum absolute atomic E-state index is 12.3. The van der Waals surface area contributed by atoms with Crippen LogP contribution in [0.5, 0.6) is 0 Å². The van der Waals surface area contributed by atoms with Crippen LogP contribution in [-0.2, 0) is 11.3 Å². The molecule has 18 heavy (non-hydrogen) atoms. The molecule has 0 radical (unpaired) electrons. The molecule has 5 heteroatoms. The van der Waals surface area contributed by atoms with Crippen molar-refractivity contribution in [2.24, 2.45) is 11.1 Å². The molecule has 0 aromatic carbocycles. The third-order valence-electron chi connectivity index (χ3n) is 3.85. The lowest BCUT2D eigenvalue weighted by Gasteiger charge is -2.28. The third kappa shape index (κ3) is 2.72. The number of nitrogens with two attached hydrogens (primary N) is 1. The van der Waals surface area contributed by atoms with E-state index in [0.717, 1.165) is 32.2 Å². The SMILES string of the molecule is CC(Cn1ccnc1)NC(=O)C1(CN)CCCC1. The molecular weight excluding hydrogens is 228 g/mol. The molecule has 1 aromatic rings. The number of carbonyl (C=O) groups is 1. The number of nitrogens with one attached hydrogen (secondary N) is 1. The summed E-state index contributed by atoms with van der Waals surface area (Å²) in [5.41, 5.74) is 5.49. The highest BCUT2D eigenvalue weighted by atomic mass is 16.2. The van der Waals surface area contributed by atoms with E-state index >= 15 is 0 Å². The van der Waals surface area contributed by atoms with Gasteiger partial charge in [-0.3, -0.25) is 4.79 Å². The summed E-state index contributed by atoms with van der Waals surface area (Å²) in [4.78, 5) is 16.3. The molecule has 1 fully saturated rings. The van der Waals surface area contributed by atoms with Gasteiger partial charge in [-0.15, -0.1) is 0 Å². The van der Waals surface area contributed by atoms with Crippen molar-refractivity contribution >= 4 is 5.91 Å². The zero-order chi connectivity index (χ0) is 13.0. The van der Waals surface area contributed by atoms with E-state index < -0.39 is 0 Å². The lowest BCUT2D eigenvalue weighted by atomic mass is 9.85. The average molecular weight is 250 g/mol. The Morgan fingerprint density at radius 1 is 1.56 bits per heavy atom. The van der Waals surface area contributed by atoms with Gasteiger partial charge >= 0.3 is 0 Å². The molecule has 0 aliphatic heterocycles. The second kappa shape index (κ2) is 5.52. The number of amides is 1. The molecule has 1 amide bonds. The first-order valence-electron chi connectivity index (χ1n) is 6.63. The highest BCUT2D eigenvalue weighted by Crippen LogP contribution is 2.37. The standard InChI is InChI=1S/C13H22N4O/c1-11(8-17-7-6-15-10-17)16-12(18)13(9-14)4-2-3-5-13/h6-7,10-11H,2-5,8-9,14H2,1H3,(H,16,18). The number of hydrogen-bond acceptors (Lipinski definition) is 3. The van der Waals surface area contributed by atoms with Crippen LogP contribution in [0.3, 0.4) is 0 Å². The van der Waals surface area contributed by atoms with Crippen molar-refractivity contribution in [1.82, 2.24) is 14.9 Å². The number of imidazole rings is 1. The van der Waals surface area contributed by atoms with Gasteiger partial charge in [-0.05, 0) is 19.8 Å². The zero-order valence-corrected chi connectivity index (χ0v) is 10.9. The Morgan fingerprint density at radius 3 is 2.83 bits per heavy atom. The molecule has 1 aliphatic rings. The van der Waals surface area contributed by atoms with Gasteiger partial charge in [-0.1, -0.05) is 12.8 Å². The van der Waals surface area contributed by atoms with E-state index in [0.29, 0.717) is 6.54 Å². The molecule has 1 atom stereocenters. The first-order valence-corrected chi connectivity index (χ1v) is 6.63. The van der Waals surface area contributed by atoms with Crippen LogP contribution in [0.25, 0.3) is 0 Å². The summed E-state index contributed by atoms with van der Waals surface area (Å²) in [6, 6.07) is 0.0933. The molecule has 100 valence electrons. The lowest BCUT2D eigenvalue weighted by molar-refractivity contribution is -0.131. The maximum Gasteiger partial charge on any atom is 0.227 e. The van der Waals surface area contributed by atoms with E-state index in [-0.39, 0.29) is 17.4 Å². The first-order chi connectivity index (χ1) is 8.66. The van der Waals surface area contributed by atoms with Gasteiger partial charge in [0.15, 0.2) is 0 Å². The Labute approximate surface area is 108 Å². The highest BCUT2D eigenvalue weighted by Gasteiger charge is 2.40. The van der Waals surface area contributed by atoms with E-state index in [4.69, 9.17) is 5.73 Å². The normalized spacial score (nSPS) is 19.7. The van der Waals surface area contributed by atoms with Gasteiger partial charge in [0.1, 0.15) is 0 Å². The molecule has 1 aromatic heterocycles. The highest BCUT2D eigenvalue weighted by molar-refractivity contribution is 5.83. The smallest absolute Gasteiger partial charge is 0.227 e. The van der Waals surface area contributed by atoms with Gasteiger partial charge < -0.3 is 15.6 Å². The molecule has 1 unspecified atom stereocenters. The van der Waals surface area contributed by atoms with Gasteiger partial charge in [-0.2, -0.15) is 0 Å². The minimum Gasteiger partial charge on any atom is -0.351 e. The maximum atomic E-state index is 12.3. The van der Waals surface area contributed by atoms with Crippen molar-refractivity contribution in [3.8, 4) is 0 Å². The van der Waals surface area contributed by atoms with Crippen molar-refractivity contribution < 1.29 is 4.79 Å². The van der Waals surface area contributed by atoms with Crippen LogP contribution in [0.4, 0.5) is 0 Å². The molecule has 5 nitrogen and oxygen atoms in total. The predicted octanol–water partition coefficient (Wildman–Crippen LogP) is 0.907. The summed E-state index contributed by atoms with van der Waals surface area (Å²) >= 11 is 0. The van der Waals surface area contributed by atoms with E-state index in [1.165, 1.54) is 0 Å². The summed E-state index contributed by atoms with van der Waals surface area (Å²) in [5.74, 6) is 0.120. The van der Waals surface area contributed by atoms with Crippen LogP contribution in [0.1, 0.15) is 32.6 Å². The van der Waals surface area contributed by atoms with Crippen molar-refractivity contribution in [2.75, 3.05) is 6.54 Å². The molecule has 0 saturated heterocycles. The lowest BCUT2D eigenvalue weighted by Crippen LogP contribution is -2.48. The molecule has 3 N–H and O–H groups in total. The second-order valence-corrected chi connectivity index (χ2v) is 5.33. The van der Waals surface area contributed by atoms with Gasteiger partial charge in [0.25, 0.3) is 0 Å². The first kappa shape index (κ1) is 13.1. The largest absolute Gasteiger partial charge is 0.351 e. The van der Waals surface area contributed by atoms with E-state index in [2.05, 4.69) is 10.3 Å². The average Bonchev–Trinajstić information content (AvgIpc) is 2.99. The van der Waals surface area contributed by atoms with Gasteiger partial charge in [-0.25, -0.2) is 4.98 Å². The van der Waals surface area contributed by atoms with Gasteiger partial charge in [0.2, 0.25) is 5.91 Å². The van der Waals surface area contributed by atoms with E-state index in [1.54, 1.807) is 12.5 Å². The fourth-order valence-electron chi connectivity index (χ4n) is 2.71. The molecule has 1 saturated carbocycles. The van der Waals surface area contributed by atoms with Crippen LogP contribution in [0.15, 0.2) is 18.7 Å². The Balaban J connectivity index is 1.90. The zero-order valence-electron chi connectivity index (χ0n) is 10.9. The van der Waals surface area contributed by atoms with Crippen molar-refractivity contribution in [1.29, 1.82) is 0 Å². The summed E-state index contributed by atoms with van der Waals surface area (Å²) in [5, 5.41) is 3.08. The predicted molar refractivity (Wildman–Crippen MR) is 69.8 cm³/mol. The van der Waals surface area contributed by atoms with Crippen LogP contribution in [-0.4, -0.2) is 28.0 Å². The summed E-state index contributed by atoms with van der Waals surface area (Å²) in [7, 11) is 0. The number of carbonyl (C=O) groups excluding carboxylic acids is 1. The molecule has 1 aliphatic carbocycles. The Hall–Kier alpha value is -1.36. The van der Waals surface area contributed by atoms with E-state index in [9.17, 15) is 4.79 Å². The van der Waals surface area contributed by atoms with Gasteiger partial charge in [0, 0.05) is 31.5 Å². The summed E-state index contributed by atoms with van der Waals surface area (Å²) < 4.78 is 1.97. The molecule has 1 heterocycles. The van der Waals surface area contributed by atoms with Crippen LogP contribution in [0.2, 0.25) is 0 Å². The monoisotopic (exact) mass is 250 g/mol. The summed E-state index contributed by atoms with van der Waals surface area (Å²) in [6.45, 7) is 3.21. The molecule has 2 rings (SSSR count). The molecule has 0 spiro atoms. The Bertz CT molecular complexity index is 382. The molecule has 0 bridgehead atoms. The van der Waals surface area contributed by atoms with Crippen LogP contribution >= 0.6 is 0 Å². The fourth-order valence-corrected chi connectivity index (χ4v) is 2.71. The fraction of sp³-hybridized carbons (Fsp3) is 0.692. The van der Waals surface area contributed by atoms with E-state index in [1.807, 2.05) is 17.7 Å². The van der Waals surface area contributed by atoms with Crippen LogP contribution < -0.4 is 11.1 Å². The number of nitrogens with zero attached hydrogens (tertiary/aromatic N) is 2. The third-order valence-corrected chi connectivity index (χ3v) is 3.85.